The quantitative estimate of drug-likeness (QED) is 0.316. The first-order valence-electron chi connectivity index (χ1n) is 12.2. The Kier molecular flexibility index (Phi) is 7.99. The largest absolute Gasteiger partial charge is 0.452 e. The normalized spacial score (nSPS) is 13.8. The van der Waals surface area contributed by atoms with Crippen molar-refractivity contribution in [3.63, 3.8) is 0 Å². The Hall–Kier alpha value is -3.77. The Morgan fingerprint density at radius 1 is 1.11 bits per heavy atom. The SMILES string of the molecule is Cc1ncccc1Oc1cc(Sc2ccccn2)cnc1Nc1nc(C2CCN(C(=O)N(C)C)CC2)ns1. The molecule has 4 aromatic heterocycles. The fraction of sp³-hybridized carbons (Fsp3) is 0.308. The number of amides is 2. The van der Waals surface area contributed by atoms with Crippen molar-refractivity contribution in [3.05, 3.63) is 66.5 Å². The second kappa shape index (κ2) is 11.7. The molecular formula is C26H28N8O2S2. The van der Waals surface area contributed by atoms with E-state index < -0.39 is 0 Å². The average molecular weight is 549 g/mol. The van der Waals surface area contributed by atoms with Gasteiger partial charge in [0.05, 0.1) is 5.69 Å². The van der Waals surface area contributed by atoms with Gasteiger partial charge in [-0.3, -0.25) is 4.98 Å². The summed E-state index contributed by atoms with van der Waals surface area (Å²) < 4.78 is 10.9. The van der Waals surface area contributed by atoms with Crippen molar-refractivity contribution in [2.75, 3.05) is 32.5 Å². The van der Waals surface area contributed by atoms with Gasteiger partial charge < -0.3 is 19.9 Å². The van der Waals surface area contributed by atoms with Crippen LogP contribution >= 0.6 is 23.3 Å². The number of rotatable bonds is 7. The molecule has 38 heavy (non-hydrogen) atoms. The van der Waals surface area contributed by atoms with E-state index in [2.05, 4.69) is 24.6 Å². The van der Waals surface area contributed by atoms with E-state index in [1.54, 1.807) is 37.6 Å². The van der Waals surface area contributed by atoms with Gasteiger partial charge in [-0.05, 0) is 44.0 Å². The van der Waals surface area contributed by atoms with Gasteiger partial charge in [0.15, 0.2) is 11.6 Å². The molecule has 0 spiro atoms. The number of ether oxygens (including phenoxy) is 1. The van der Waals surface area contributed by atoms with Gasteiger partial charge in [0.2, 0.25) is 5.13 Å². The lowest BCUT2D eigenvalue weighted by Crippen LogP contribution is -2.43. The van der Waals surface area contributed by atoms with Crippen LogP contribution in [0.4, 0.5) is 15.7 Å². The molecule has 5 heterocycles. The van der Waals surface area contributed by atoms with E-state index in [9.17, 15) is 4.79 Å². The maximum absolute atomic E-state index is 12.2. The number of likely N-dealkylation sites (tertiary alicyclic amines) is 1. The van der Waals surface area contributed by atoms with Crippen molar-refractivity contribution in [2.24, 2.45) is 0 Å². The Labute approximate surface area is 229 Å². The van der Waals surface area contributed by atoms with Gasteiger partial charge in [-0.2, -0.15) is 4.37 Å². The molecule has 1 aliphatic heterocycles. The average Bonchev–Trinajstić information content (AvgIpc) is 3.40. The molecule has 1 N–H and O–H groups in total. The molecule has 4 aromatic rings. The van der Waals surface area contributed by atoms with E-state index in [1.807, 2.05) is 48.2 Å². The second-order valence-electron chi connectivity index (χ2n) is 9.00. The van der Waals surface area contributed by atoms with Crippen molar-refractivity contribution in [3.8, 4) is 11.5 Å². The molecule has 1 fully saturated rings. The number of aryl methyl sites for hydroxylation is 1. The lowest BCUT2D eigenvalue weighted by atomic mass is 9.96. The highest BCUT2D eigenvalue weighted by molar-refractivity contribution is 7.99. The van der Waals surface area contributed by atoms with Crippen LogP contribution in [0.2, 0.25) is 0 Å². The monoisotopic (exact) mass is 548 g/mol. The summed E-state index contributed by atoms with van der Waals surface area (Å²) in [6.07, 6.45) is 6.95. The lowest BCUT2D eigenvalue weighted by molar-refractivity contribution is 0.155. The van der Waals surface area contributed by atoms with Crippen molar-refractivity contribution < 1.29 is 9.53 Å². The molecule has 1 aliphatic rings. The molecule has 0 radical (unpaired) electrons. The first-order valence-corrected chi connectivity index (χ1v) is 13.8. The number of piperidine rings is 1. The van der Waals surface area contributed by atoms with Crippen LogP contribution in [-0.4, -0.2) is 67.3 Å². The van der Waals surface area contributed by atoms with Gasteiger partial charge in [0, 0.05) is 74.2 Å². The summed E-state index contributed by atoms with van der Waals surface area (Å²) in [6.45, 7) is 3.29. The summed E-state index contributed by atoms with van der Waals surface area (Å²) in [5.74, 6) is 2.74. The van der Waals surface area contributed by atoms with Crippen LogP contribution < -0.4 is 10.1 Å². The smallest absolute Gasteiger partial charge is 0.319 e. The van der Waals surface area contributed by atoms with Crippen molar-refractivity contribution in [1.82, 2.24) is 34.1 Å². The summed E-state index contributed by atoms with van der Waals surface area (Å²) in [5, 5.41) is 4.80. The van der Waals surface area contributed by atoms with Crippen LogP contribution in [0.3, 0.4) is 0 Å². The summed E-state index contributed by atoms with van der Waals surface area (Å²) in [5.41, 5.74) is 0.776. The van der Waals surface area contributed by atoms with Gasteiger partial charge in [-0.15, -0.1) is 0 Å². The summed E-state index contributed by atoms with van der Waals surface area (Å²) in [6, 6.07) is 11.5. The maximum Gasteiger partial charge on any atom is 0.319 e. The van der Waals surface area contributed by atoms with Crippen LogP contribution in [0.1, 0.15) is 30.3 Å². The molecular weight excluding hydrogens is 520 g/mol. The van der Waals surface area contributed by atoms with Crippen molar-refractivity contribution in [1.29, 1.82) is 0 Å². The highest BCUT2D eigenvalue weighted by Gasteiger charge is 2.27. The Morgan fingerprint density at radius 3 is 2.66 bits per heavy atom. The number of anilines is 2. The number of hydrogen-bond acceptors (Lipinski definition) is 10. The zero-order valence-electron chi connectivity index (χ0n) is 21.4. The molecule has 0 saturated carbocycles. The number of aromatic nitrogens is 5. The third-order valence-electron chi connectivity index (χ3n) is 6.05. The zero-order chi connectivity index (χ0) is 26.5. The predicted octanol–water partition coefficient (Wildman–Crippen LogP) is 5.58. The molecule has 10 nitrogen and oxygen atoms in total. The predicted molar refractivity (Wildman–Crippen MR) is 147 cm³/mol. The van der Waals surface area contributed by atoms with Crippen LogP contribution in [-0.2, 0) is 0 Å². The molecule has 0 bridgehead atoms. The van der Waals surface area contributed by atoms with Crippen LogP contribution in [0.25, 0.3) is 0 Å². The lowest BCUT2D eigenvalue weighted by Gasteiger charge is -2.32. The van der Waals surface area contributed by atoms with E-state index in [4.69, 9.17) is 9.72 Å². The molecule has 0 aliphatic carbocycles. The van der Waals surface area contributed by atoms with Crippen LogP contribution in [0, 0.1) is 6.92 Å². The minimum Gasteiger partial charge on any atom is -0.452 e. The van der Waals surface area contributed by atoms with Crippen LogP contribution in [0.15, 0.2) is 64.9 Å². The topological polar surface area (TPSA) is 109 Å². The summed E-state index contributed by atoms with van der Waals surface area (Å²) in [4.78, 5) is 34.7. The minimum atomic E-state index is 0.0455. The molecule has 12 heteroatoms. The Morgan fingerprint density at radius 2 is 1.92 bits per heavy atom. The highest BCUT2D eigenvalue weighted by atomic mass is 32.2. The van der Waals surface area contributed by atoms with E-state index in [0.29, 0.717) is 35.5 Å². The van der Waals surface area contributed by atoms with Gasteiger partial charge in [0.25, 0.3) is 0 Å². The van der Waals surface area contributed by atoms with E-state index in [-0.39, 0.29) is 11.9 Å². The van der Waals surface area contributed by atoms with Crippen molar-refractivity contribution >= 4 is 40.3 Å². The van der Waals surface area contributed by atoms with E-state index in [1.165, 1.54) is 23.3 Å². The minimum absolute atomic E-state index is 0.0455. The second-order valence-corrected chi connectivity index (χ2v) is 10.8. The molecule has 0 aromatic carbocycles. The fourth-order valence-corrected chi connectivity index (χ4v) is 5.46. The van der Waals surface area contributed by atoms with Crippen LogP contribution in [0.5, 0.6) is 11.5 Å². The van der Waals surface area contributed by atoms with E-state index in [0.717, 1.165) is 34.3 Å². The number of carbonyl (C=O) groups excluding carboxylic acids is 1. The fourth-order valence-electron chi connectivity index (χ4n) is 4.04. The van der Waals surface area contributed by atoms with Gasteiger partial charge >= 0.3 is 6.03 Å². The maximum atomic E-state index is 12.2. The standard InChI is InChI=1S/C26H28N8O2S2/c1-17-20(7-6-12-27-17)36-21-15-19(37-22-8-4-5-11-28-22)16-29-24(21)31-25-30-23(32-38-25)18-9-13-34(14-10-18)26(35)33(2)3/h4-8,11-12,15-16,18H,9-10,13-14H2,1-3H3,(H,29,30,31,32). The first-order chi connectivity index (χ1) is 18.5. The first kappa shape index (κ1) is 25.9. The summed E-state index contributed by atoms with van der Waals surface area (Å²) in [7, 11) is 3.56. The molecule has 196 valence electrons. The third-order valence-corrected chi connectivity index (χ3v) is 7.60. The Bertz CT molecular complexity index is 1390. The zero-order valence-corrected chi connectivity index (χ0v) is 23.0. The molecule has 0 unspecified atom stereocenters. The van der Waals surface area contributed by atoms with E-state index >= 15 is 0 Å². The number of hydrogen-bond donors (Lipinski definition) is 1. The number of urea groups is 1. The third kappa shape index (κ3) is 6.20. The van der Waals surface area contributed by atoms with Gasteiger partial charge in [-0.1, -0.05) is 17.8 Å². The van der Waals surface area contributed by atoms with Gasteiger partial charge in [-0.25, -0.2) is 19.7 Å². The van der Waals surface area contributed by atoms with Gasteiger partial charge in [0.1, 0.15) is 16.6 Å². The van der Waals surface area contributed by atoms with Crippen molar-refractivity contribution in [2.45, 2.75) is 35.6 Å². The molecule has 0 atom stereocenters. The molecule has 2 amide bonds. The number of nitrogens with zero attached hydrogens (tertiary/aromatic N) is 7. The molecule has 5 rings (SSSR count). The number of pyridine rings is 3. The number of nitrogens with one attached hydrogen (secondary N) is 1. The highest BCUT2D eigenvalue weighted by Crippen LogP contribution is 2.37. The summed E-state index contributed by atoms with van der Waals surface area (Å²) >= 11 is 2.80. The molecule has 1 saturated heterocycles. The Balaban J connectivity index is 1.33. The number of carbonyl (C=O) groups is 1.